The molecule has 4 nitrogen and oxygen atoms in total. The van der Waals surface area contributed by atoms with Crippen LogP contribution in [0.2, 0.25) is 5.02 Å². The molecular weight excluding hydrogens is 206 g/mol. The fourth-order valence-corrected chi connectivity index (χ4v) is 1.22. The van der Waals surface area contributed by atoms with Crippen molar-refractivity contribution in [3.63, 3.8) is 0 Å². The Morgan fingerprint density at radius 3 is 2.79 bits per heavy atom. The van der Waals surface area contributed by atoms with Crippen molar-refractivity contribution in [1.29, 1.82) is 0 Å². The lowest BCUT2D eigenvalue weighted by molar-refractivity contribution is 0.0998. The van der Waals surface area contributed by atoms with Crippen molar-refractivity contribution in [2.45, 2.75) is 0 Å². The molecule has 0 bridgehead atoms. The number of carbonyl (C=O) groups excluding carboxylic acids is 1. The maximum Gasteiger partial charge on any atom is 0.180 e. The molecule has 0 spiro atoms. The van der Waals surface area contributed by atoms with Gasteiger partial charge < -0.3 is 15.6 Å². The van der Waals surface area contributed by atoms with Crippen LogP contribution in [0.4, 0.5) is 0 Å². The van der Waals surface area contributed by atoms with Gasteiger partial charge in [0, 0.05) is 6.07 Å². The number of phenolic OH excluding ortho intramolecular Hbond substituents is 1. The summed E-state index contributed by atoms with van der Waals surface area (Å²) in [5.41, 5.74) is 5.25. The molecule has 76 valence electrons. The smallest absolute Gasteiger partial charge is 0.180 e. The van der Waals surface area contributed by atoms with E-state index in [2.05, 4.69) is 0 Å². The van der Waals surface area contributed by atoms with Crippen molar-refractivity contribution < 1.29 is 14.6 Å². The minimum atomic E-state index is -0.386. The SMILES string of the molecule is COc1cc(Cl)c(O)c(C(=O)CN)c1. The van der Waals surface area contributed by atoms with Gasteiger partial charge in [-0.1, -0.05) is 11.6 Å². The zero-order chi connectivity index (χ0) is 10.7. The zero-order valence-corrected chi connectivity index (χ0v) is 8.34. The van der Waals surface area contributed by atoms with Gasteiger partial charge in [-0.25, -0.2) is 0 Å². The second-order valence-corrected chi connectivity index (χ2v) is 3.04. The van der Waals surface area contributed by atoms with Crippen LogP contribution in [0.15, 0.2) is 12.1 Å². The van der Waals surface area contributed by atoms with E-state index >= 15 is 0 Å². The van der Waals surface area contributed by atoms with Crippen LogP contribution in [0.3, 0.4) is 0 Å². The third kappa shape index (κ3) is 1.97. The minimum Gasteiger partial charge on any atom is -0.506 e. The summed E-state index contributed by atoms with van der Waals surface area (Å²) in [6.45, 7) is -0.183. The van der Waals surface area contributed by atoms with Crippen molar-refractivity contribution in [3.8, 4) is 11.5 Å². The summed E-state index contributed by atoms with van der Waals surface area (Å²) in [6.07, 6.45) is 0. The maximum atomic E-state index is 11.3. The summed E-state index contributed by atoms with van der Waals surface area (Å²) < 4.78 is 4.90. The van der Waals surface area contributed by atoms with Crippen molar-refractivity contribution in [2.24, 2.45) is 5.73 Å². The highest BCUT2D eigenvalue weighted by Gasteiger charge is 2.14. The number of ketones is 1. The first-order valence-corrected chi connectivity index (χ1v) is 4.27. The molecule has 0 saturated carbocycles. The van der Waals surface area contributed by atoms with E-state index in [-0.39, 0.29) is 28.7 Å². The van der Waals surface area contributed by atoms with Gasteiger partial charge in [0.25, 0.3) is 0 Å². The summed E-state index contributed by atoms with van der Waals surface area (Å²) in [5, 5.41) is 9.53. The summed E-state index contributed by atoms with van der Waals surface area (Å²) >= 11 is 5.68. The van der Waals surface area contributed by atoms with Gasteiger partial charge in [-0.2, -0.15) is 0 Å². The van der Waals surface area contributed by atoms with E-state index in [9.17, 15) is 9.90 Å². The molecule has 0 heterocycles. The number of carbonyl (C=O) groups is 1. The Morgan fingerprint density at radius 2 is 2.29 bits per heavy atom. The Labute approximate surface area is 86.2 Å². The van der Waals surface area contributed by atoms with Gasteiger partial charge in [0.05, 0.1) is 24.2 Å². The van der Waals surface area contributed by atoms with Crippen LogP contribution >= 0.6 is 11.6 Å². The number of aromatic hydroxyl groups is 1. The minimum absolute atomic E-state index is 0.0705. The largest absolute Gasteiger partial charge is 0.506 e. The number of hydrogen-bond donors (Lipinski definition) is 2. The monoisotopic (exact) mass is 215 g/mol. The van der Waals surface area contributed by atoms with Gasteiger partial charge in [0.1, 0.15) is 11.5 Å². The molecule has 0 saturated heterocycles. The van der Waals surface area contributed by atoms with Gasteiger partial charge in [0.15, 0.2) is 5.78 Å². The van der Waals surface area contributed by atoms with Crippen molar-refractivity contribution >= 4 is 17.4 Å². The Bertz CT molecular complexity index is 365. The second-order valence-electron chi connectivity index (χ2n) is 2.63. The van der Waals surface area contributed by atoms with Crippen LogP contribution in [0.1, 0.15) is 10.4 Å². The number of hydrogen-bond acceptors (Lipinski definition) is 4. The topological polar surface area (TPSA) is 72.5 Å². The normalized spacial score (nSPS) is 9.93. The Balaban J connectivity index is 3.27. The fraction of sp³-hybridized carbons (Fsp3) is 0.222. The van der Waals surface area contributed by atoms with E-state index < -0.39 is 0 Å². The molecule has 1 aromatic carbocycles. The molecule has 1 rings (SSSR count). The van der Waals surface area contributed by atoms with Crippen molar-refractivity contribution in [3.05, 3.63) is 22.7 Å². The lowest BCUT2D eigenvalue weighted by atomic mass is 10.1. The molecule has 0 unspecified atom stereocenters. The summed E-state index contributed by atoms with van der Waals surface area (Å²) in [5.74, 6) is -0.240. The number of Topliss-reactive ketones (excluding diaryl/α,β-unsaturated/α-hetero) is 1. The Morgan fingerprint density at radius 1 is 1.64 bits per heavy atom. The predicted octanol–water partition coefficient (Wildman–Crippen LogP) is 1.20. The number of halogens is 1. The molecule has 0 fully saturated rings. The fourth-order valence-electron chi connectivity index (χ4n) is 1.01. The lowest BCUT2D eigenvalue weighted by Crippen LogP contribution is -2.13. The van der Waals surface area contributed by atoms with E-state index in [4.69, 9.17) is 22.1 Å². The van der Waals surface area contributed by atoms with Crippen LogP contribution in [0.5, 0.6) is 11.5 Å². The van der Waals surface area contributed by atoms with Gasteiger partial charge in [-0.15, -0.1) is 0 Å². The second kappa shape index (κ2) is 4.30. The molecule has 0 radical (unpaired) electrons. The van der Waals surface area contributed by atoms with E-state index in [1.807, 2.05) is 0 Å². The first kappa shape index (κ1) is 10.8. The third-order valence-electron chi connectivity index (χ3n) is 1.76. The average Bonchev–Trinajstić information content (AvgIpc) is 2.20. The highest BCUT2D eigenvalue weighted by Crippen LogP contribution is 2.32. The average molecular weight is 216 g/mol. The van der Waals surface area contributed by atoms with E-state index in [1.165, 1.54) is 19.2 Å². The van der Waals surface area contributed by atoms with E-state index in [0.717, 1.165) is 0 Å². The van der Waals surface area contributed by atoms with Crippen molar-refractivity contribution in [1.82, 2.24) is 0 Å². The van der Waals surface area contributed by atoms with E-state index in [0.29, 0.717) is 5.75 Å². The Kier molecular flexibility index (Phi) is 3.33. The molecule has 0 aliphatic heterocycles. The molecule has 0 amide bonds. The quantitative estimate of drug-likeness (QED) is 0.743. The number of benzene rings is 1. The first-order valence-electron chi connectivity index (χ1n) is 3.90. The van der Waals surface area contributed by atoms with Crippen molar-refractivity contribution in [2.75, 3.05) is 13.7 Å². The van der Waals surface area contributed by atoms with Gasteiger partial charge in [-0.3, -0.25) is 4.79 Å². The molecule has 14 heavy (non-hydrogen) atoms. The van der Waals surface area contributed by atoms with Gasteiger partial charge in [0.2, 0.25) is 0 Å². The van der Waals surface area contributed by atoms with Crippen LogP contribution in [0.25, 0.3) is 0 Å². The van der Waals surface area contributed by atoms with E-state index in [1.54, 1.807) is 0 Å². The molecule has 0 aliphatic rings. The first-order chi connectivity index (χ1) is 6.60. The third-order valence-corrected chi connectivity index (χ3v) is 2.05. The molecule has 0 aromatic heterocycles. The number of ether oxygens (including phenoxy) is 1. The molecule has 5 heteroatoms. The van der Waals surface area contributed by atoms with Crippen LogP contribution in [-0.4, -0.2) is 24.5 Å². The highest BCUT2D eigenvalue weighted by molar-refractivity contribution is 6.32. The lowest BCUT2D eigenvalue weighted by Gasteiger charge is -2.07. The molecule has 0 atom stereocenters. The number of nitrogens with two attached hydrogens (primary N) is 1. The highest BCUT2D eigenvalue weighted by atomic mass is 35.5. The van der Waals surface area contributed by atoms with Gasteiger partial charge >= 0.3 is 0 Å². The molecular formula is C9H10ClNO3. The number of phenols is 1. The molecule has 1 aromatic rings. The van der Waals surface area contributed by atoms with Crippen LogP contribution in [0, 0.1) is 0 Å². The molecule has 0 aliphatic carbocycles. The maximum absolute atomic E-state index is 11.3. The zero-order valence-electron chi connectivity index (χ0n) is 7.58. The molecule has 3 N–H and O–H groups in total. The number of methoxy groups -OCH3 is 1. The van der Waals surface area contributed by atoms with Gasteiger partial charge in [-0.05, 0) is 6.07 Å². The number of rotatable bonds is 3. The predicted molar refractivity (Wildman–Crippen MR) is 53.1 cm³/mol. The standard InChI is InChI=1S/C9H10ClNO3/c1-14-5-2-6(8(12)4-11)9(13)7(10)3-5/h2-3,13H,4,11H2,1H3. The summed E-state index contributed by atoms with van der Waals surface area (Å²) in [4.78, 5) is 11.3. The summed E-state index contributed by atoms with van der Waals surface area (Å²) in [7, 11) is 1.44. The van der Waals surface area contributed by atoms with Crippen LogP contribution < -0.4 is 10.5 Å². The van der Waals surface area contributed by atoms with Crippen LogP contribution in [-0.2, 0) is 0 Å². The summed E-state index contributed by atoms with van der Waals surface area (Å²) in [6, 6.07) is 2.82. The Hall–Kier alpha value is -1.26.